The largest absolute Gasteiger partial charge is 0.323 e. The zero-order valence-electron chi connectivity index (χ0n) is 14.1. The molecule has 0 unspecified atom stereocenters. The number of nitrogens with zero attached hydrogens (tertiary/aromatic N) is 3. The van der Waals surface area contributed by atoms with Crippen LogP contribution in [0.15, 0.2) is 53.5 Å². The summed E-state index contributed by atoms with van der Waals surface area (Å²) in [6.07, 6.45) is 1.61. The Morgan fingerprint density at radius 3 is 2.68 bits per heavy atom. The van der Waals surface area contributed by atoms with Gasteiger partial charge in [0.15, 0.2) is 0 Å². The molecular weight excluding hydrogens is 318 g/mol. The van der Waals surface area contributed by atoms with Crippen LogP contribution in [0, 0.1) is 0 Å². The van der Waals surface area contributed by atoms with Crippen LogP contribution in [0.5, 0.6) is 0 Å². The summed E-state index contributed by atoms with van der Waals surface area (Å²) in [6.45, 7) is 3.99. The zero-order chi connectivity index (χ0) is 17.8. The number of carbonyl (C=O) groups excluding carboxylic acids is 1. The van der Waals surface area contributed by atoms with E-state index in [0.717, 1.165) is 0 Å². The third-order valence-electron chi connectivity index (χ3n) is 3.77. The molecule has 25 heavy (non-hydrogen) atoms. The number of hydrogen-bond donors (Lipinski definition) is 2. The molecule has 0 bridgehead atoms. The number of rotatable bonds is 4. The highest BCUT2D eigenvalue weighted by Crippen LogP contribution is 2.11. The molecule has 7 heteroatoms. The number of pyridine rings is 1. The van der Waals surface area contributed by atoms with Crippen molar-refractivity contribution in [3.8, 4) is 0 Å². The molecular formula is C18H19N5O2. The second-order valence-electron chi connectivity index (χ2n) is 5.90. The number of urea groups is 1. The van der Waals surface area contributed by atoms with E-state index in [1.807, 2.05) is 19.9 Å². The number of aromatic nitrogens is 3. The number of H-pyrrole nitrogens is 1. The molecule has 7 nitrogen and oxygen atoms in total. The van der Waals surface area contributed by atoms with Crippen molar-refractivity contribution >= 4 is 22.8 Å². The minimum atomic E-state index is -0.301. The topological polar surface area (TPSA) is 91.0 Å². The molecule has 0 atom stereocenters. The first-order valence-electron chi connectivity index (χ1n) is 8.01. The van der Waals surface area contributed by atoms with Crippen LogP contribution in [0.2, 0.25) is 0 Å². The molecule has 128 valence electrons. The Kier molecular flexibility index (Phi) is 4.74. The number of hydrogen-bond acceptors (Lipinski definition) is 4. The summed E-state index contributed by atoms with van der Waals surface area (Å²) in [4.78, 5) is 37.6. The van der Waals surface area contributed by atoms with Gasteiger partial charge in [0.25, 0.3) is 5.56 Å². The van der Waals surface area contributed by atoms with Crippen LogP contribution in [0.1, 0.15) is 19.7 Å². The van der Waals surface area contributed by atoms with Crippen LogP contribution in [-0.2, 0) is 6.54 Å². The average Bonchev–Trinajstić information content (AvgIpc) is 2.60. The molecule has 0 aliphatic heterocycles. The number of aromatic amines is 1. The van der Waals surface area contributed by atoms with Crippen molar-refractivity contribution in [3.63, 3.8) is 0 Å². The normalized spacial score (nSPS) is 10.8. The van der Waals surface area contributed by atoms with Gasteiger partial charge in [-0.05, 0) is 38.1 Å². The molecule has 0 fully saturated rings. The van der Waals surface area contributed by atoms with Gasteiger partial charge in [-0.25, -0.2) is 14.8 Å². The molecule has 2 amide bonds. The maximum Gasteiger partial charge on any atom is 0.323 e. The number of nitrogens with one attached hydrogen (secondary N) is 2. The first kappa shape index (κ1) is 16.6. The molecule has 0 radical (unpaired) electrons. The van der Waals surface area contributed by atoms with Crippen LogP contribution in [0.4, 0.5) is 10.6 Å². The number of amides is 2. The predicted octanol–water partition coefficient (Wildman–Crippen LogP) is 2.76. The lowest BCUT2D eigenvalue weighted by molar-refractivity contribution is 0.191. The number of para-hydroxylation sites is 1. The van der Waals surface area contributed by atoms with Gasteiger partial charge in [0.05, 0.1) is 17.4 Å². The van der Waals surface area contributed by atoms with Gasteiger partial charge in [-0.15, -0.1) is 0 Å². The van der Waals surface area contributed by atoms with E-state index >= 15 is 0 Å². The monoisotopic (exact) mass is 337 g/mol. The fourth-order valence-electron chi connectivity index (χ4n) is 2.48. The summed E-state index contributed by atoms with van der Waals surface area (Å²) < 4.78 is 0. The summed E-state index contributed by atoms with van der Waals surface area (Å²) in [6, 6.07) is 12.0. The van der Waals surface area contributed by atoms with E-state index in [1.54, 1.807) is 47.5 Å². The Labute approximate surface area is 144 Å². The quantitative estimate of drug-likeness (QED) is 0.766. The lowest BCUT2D eigenvalue weighted by Crippen LogP contribution is -2.40. The summed E-state index contributed by atoms with van der Waals surface area (Å²) in [5.41, 5.74) is 0.393. The maximum atomic E-state index is 12.6. The van der Waals surface area contributed by atoms with E-state index < -0.39 is 0 Å². The molecule has 2 aromatic heterocycles. The molecule has 0 spiro atoms. The molecule has 0 saturated heterocycles. The van der Waals surface area contributed by atoms with Crippen molar-refractivity contribution in [2.24, 2.45) is 0 Å². The molecule has 0 saturated carbocycles. The lowest BCUT2D eigenvalue weighted by Gasteiger charge is -2.26. The first-order valence-corrected chi connectivity index (χ1v) is 8.01. The van der Waals surface area contributed by atoms with Gasteiger partial charge in [0, 0.05) is 12.2 Å². The summed E-state index contributed by atoms with van der Waals surface area (Å²) in [5, 5.41) is 3.28. The molecule has 3 aromatic rings. The van der Waals surface area contributed by atoms with Gasteiger partial charge in [-0.1, -0.05) is 18.2 Å². The van der Waals surface area contributed by atoms with E-state index in [4.69, 9.17) is 0 Å². The SMILES string of the molecule is CC(C)N(Cc1nc2ccccc2c(=O)[nH]1)C(=O)Nc1ccccn1. The van der Waals surface area contributed by atoms with Crippen LogP contribution in [-0.4, -0.2) is 31.9 Å². The summed E-state index contributed by atoms with van der Waals surface area (Å²) >= 11 is 0. The van der Waals surface area contributed by atoms with Crippen molar-refractivity contribution in [2.75, 3.05) is 5.32 Å². The standard InChI is InChI=1S/C18H19N5O2/c1-12(2)23(18(25)22-15-9-5-6-10-19-15)11-16-20-14-8-4-3-7-13(14)17(24)21-16/h3-10,12H,11H2,1-2H3,(H,19,22,25)(H,20,21,24). The average molecular weight is 337 g/mol. The summed E-state index contributed by atoms with van der Waals surface area (Å²) in [7, 11) is 0. The first-order chi connectivity index (χ1) is 12.0. The van der Waals surface area contributed by atoms with Gasteiger partial charge < -0.3 is 9.88 Å². The number of fused-ring (bicyclic) bond motifs is 1. The highest BCUT2D eigenvalue weighted by Gasteiger charge is 2.19. The van der Waals surface area contributed by atoms with Gasteiger partial charge >= 0.3 is 6.03 Å². The minimum absolute atomic E-state index is 0.0829. The van der Waals surface area contributed by atoms with Crippen LogP contribution >= 0.6 is 0 Å². The highest BCUT2D eigenvalue weighted by atomic mass is 16.2. The van der Waals surface area contributed by atoms with Crippen molar-refractivity contribution in [2.45, 2.75) is 26.4 Å². The fraction of sp³-hybridized carbons (Fsp3) is 0.222. The molecule has 2 heterocycles. The van der Waals surface area contributed by atoms with Crippen LogP contribution < -0.4 is 10.9 Å². The Morgan fingerprint density at radius 2 is 1.96 bits per heavy atom. The van der Waals surface area contributed by atoms with Gasteiger partial charge in [0.2, 0.25) is 0 Å². The second-order valence-corrected chi connectivity index (χ2v) is 5.90. The molecule has 3 rings (SSSR count). The Bertz CT molecular complexity index is 937. The van der Waals surface area contributed by atoms with E-state index in [9.17, 15) is 9.59 Å². The Hall–Kier alpha value is -3.22. The molecule has 1 aromatic carbocycles. The number of benzene rings is 1. The Morgan fingerprint density at radius 1 is 1.20 bits per heavy atom. The number of anilines is 1. The number of carbonyl (C=O) groups is 1. The maximum absolute atomic E-state index is 12.6. The van der Waals surface area contributed by atoms with Crippen molar-refractivity contribution < 1.29 is 4.79 Å². The van der Waals surface area contributed by atoms with Gasteiger partial charge in [0.1, 0.15) is 11.6 Å². The van der Waals surface area contributed by atoms with Crippen molar-refractivity contribution in [3.05, 3.63) is 64.8 Å². The molecule has 0 aliphatic rings. The van der Waals surface area contributed by atoms with E-state index in [2.05, 4.69) is 20.3 Å². The minimum Gasteiger partial charge on any atom is -0.315 e. The van der Waals surface area contributed by atoms with E-state index in [0.29, 0.717) is 22.5 Å². The van der Waals surface area contributed by atoms with Gasteiger partial charge in [-0.3, -0.25) is 10.1 Å². The fourth-order valence-corrected chi connectivity index (χ4v) is 2.48. The third-order valence-corrected chi connectivity index (χ3v) is 3.77. The molecule has 0 aliphatic carbocycles. The lowest BCUT2D eigenvalue weighted by atomic mass is 10.2. The van der Waals surface area contributed by atoms with Crippen LogP contribution in [0.3, 0.4) is 0 Å². The van der Waals surface area contributed by atoms with Gasteiger partial charge in [-0.2, -0.15) is 0 Å². The third kappa shape index (κ3) is 3.82. The highest BCUT2D eigenvalue weighted by molar-refractivity contribution is 5.88. The Balaban J connectivity index is 1.84. The van der Waals surface area contributed by atoms with Crippen molar-refractivity contribution in [1.29, 1.82) is 0 Å². The zero-order valence-corrected chi connectivity index (χ0v) is 14.1. The van der Waals surface area contributed by atoms with Crippen molar-refractivity contribution in [1.82, 2.24) is 19.9 Å². The molecule has 2 N–H and O–H groups in total. The summed E-state index contributed by atoms with van der Waals surface area (Å²) in [5.74, 6) is 0.909. The smallest absolute Gasteiger partial charge is 0.315 e. The predicted molar refractivity (Wildman–Crippen MR) is 96.3 cm³/mol. The second kappa shape index (κ2) is 7.12. The van der Waals surface area contributed by atoms with E-state index in [1.165, 1.54) is 0 Å². The van der Waals surface area contributed by atoms with E-state index in [-0.39, 0.29) is 24.2 Å². The van der Waals surface area contributed by atoms with Crippen LogP contribution in [0.25, 0.3) is 10.9 Å².